The Balaban J connectivity index is 1.47. The van der Waals surface area contributed by atoms with E-state index in [-0.39, 0.29) is 10.8 Å². The molecule has 0 saturated heterocycles. The van der Waals surface area contributed by atoms with Gasteiger partial charge in [0, 0.05) is 12.6 Å². The van der Waals surface area contributed by atoms with Gasteiger partial charge in [-0.2, -0.15) is 4.68 Å². The van der Waals surface area contributed by atoms with Gasteiger partial charge in [0.15, 0.2) is 5.69 Å². The second-order valence-electron chi connectivity index (χ2n) is 7.35. The van der Waals surface area contributed by atoms with Gasteiger partial charge in [-0.25, -0.2) is 4.68 Å². The van der Waals surface area contributed by atoms with Crippen LogP contribution in [0.2, 0.25) is 0 Å². The first-order valence-corrected chi connectivity index (χ1v) is 11.1. The van der Waals surface area contributed by atoms with Crippen LogP contribution in [0.4, 0.5) is 0 Å². The van der Waals surface area contributed by atoms with Gasteiger partial charge in [-0.15, -0.1) is 15.3 Å². The van der Waals surface area contributed by atoms with E-state index < -0.39 is 0 Å². The lowest BCUT2D eigenvalue weighted by atomic mass is 10.2. The number of hydrogen-bond acceptors (Lipinski definition) is 8. The van der Waals surface area contributed by atoms with Crippen LogP contribution in [0.1, 0.15) is 23.8 Å². The summed E-state index contributed by atoms with van der Waals surface area (Å²) in [7, 11) is 1.83. The highest BCUT2D eigenvalue weighted by atomic mass is 32.2. The number of rotatable bonds is 6. The Morgan fingerprint density at radius 1 is 0.970 bits per heavy atom. The number of hydrogen-bond donors (Lipinski definition) is 0. The normalized spacial score (nSPS) is 12.2. The van der Waals surface area contributed by atoms with Crippen molar-refractivity contribution >= 4 is 11.8 Å². The van der Waals surface area contributed by atoms with Gasteiger partial charge >= 0.3 is 0 Å². The van der Waals surface area contributed by atoms with Gasteiger partial charge in [-0.3, -0.25) is 9.48 Å². The Bertz CT molecular complexity index is 1450. The van der Waals surface area contributed by atoms with Crippen molar-refractivity contribution in [3.05, 3.63) is 82.6 Å². The van der Waals surface area contributed by atoms with Crippen LogP contribution in [-0.4, -0.2) is 39.8 Å². The van der Waals surface area contributed by atoms with Crippen molar-refractivity contribution < 1.29 is 4.42 Å². The van der Waals surface area contributed by atoms with Crippen LogP contribution in [0.25, 0.3) is 22.8 Å². The highest BCUT2D eigenvalue weighted by Gasteiger charge is 2.25. The first-order valence-electron chi connectivity index (χ1n) is 10.2. The third-order valence-electron chi connectivity index (χ3n) is 5.27. The summed E-state index contributed by atoms with van der Waals surface area (Å²) in [5.74, 6) is 0.891. The SMILES string of the molecule is Cc1c(-n2nnnc2SC(C)c2nnc(-c3ccccc3)o2)c(=O)n(-c2ccccc2)n1C. The van der Waals surface area contributed by atoms with E-state index in [9.17, 15) is 4.79 Å². The molecule has 0 aliphatic rings. The molecule has 33 heavy (non-hydrogen) atoms. The Morgan fingerprint density at radius 3 is 2.39 bits per heavy atom. The molecule has 0 radical (unpaired) electrons. The van der Waals surface area contributed by atoms with Gasteiger partial charge in [0.25, 0.3) is 5.56 Å². The molecule has 3 heterocycles. The molecular formula is C22H20N8O2S. The van der Waals surface area contributed by atoms with Crippen LogP contribution < -0.4 is 5.56 Å². The van der Waals surface area contributed by atoms with Crippen molar-refractivity contribution in [2.45, 2.75) is 24.3 Å². The third-order valence-corrected chi connectivity index (χ3v) is 6.29. The molecule has 3 aromatic heterocycles. The molecule has 0 aliphatic carbocycles. The molecule has 0 aliphatic heterocycles. The highest BCUT2D eigenvalue weighted by Crippen LogP contribution is 2.34. The first kappa shape index (κ1) is 20.9. The quantitative estimate of drug-likeness (QED) is 0.355. The van der Waals surface area contributed by atoms with Crippen molar-refractivity contribution in [2.75, 3.05) is 0 Å². The van der Waals surface area contributed by atoms with E-state index in [4.69, 9.17) is 4.42 Å². The van der Waals surface area contributed by atoms with Gasteiger partial charge in [0.05, 0.1) is 16.6 Å². The van der Waals surface area contributed by atoms with Crippen molar-refractivity contribution in [1.82, 2.24) is 39.8 Å². The number of benzene rings is 2. The summed E-state index contributed by atoms with van der Waals surface area (Å²) in [6.45, 7) is 3.78. The van der Waals surface area contributed by atoms with E-state index in [2.05, 4.69) is 25.7 Å². The first-order chi connectivity index (χ1) is 16.0. The fourth-order valence-corrected chi connectivity index (χ4v) is 4.32. The number of aromatic nitrogens is 8. The average molecular weight is 461 g/mol. The predicted molar refractivity (Wildman–Crippen MR) is 122 cm³/mol. The monoisotopic (exact) mass is 460 g/mol. The summed E-state index contributed by atoms with van der Waals surface area (Å²) < 4.78 is 10.7. The molecule has 0 bridgehead atoms. The van der Waals surface area contributed by atoms with Crippen LogP contribution in [0.15, 0.2) is 75.0 Å². The standard InChI is InChI=1S/C22H20N8O2S/c1-14-18(21(31)30(28(14)3)17-12-8-5-9-13-17)29-22(25-26-27-29)33-15(2)19-23-24-20(32-19)16-10-6-4-7-11-16/h4-13,15H,1-3H3. The van der Waals surface area contributed by atoms with Crippen molar-refractivity contribution in [1.29, 1.82) is 0 Å². The molecule has 5 rings (SSSR count). The number of tetrazole rings is 1. The maximum Gasteiger partial charge on any atom is 0.297 e. The van der Waals surface area contributed by atoms with Gasteiger partial charge in [0.1, 0.15) is 0 Å². The molecule has 5 aromatic rings. The van der Waals surface area contributed by atoms with Crippen LogP contribution >= 0.6 is 11.8 Å². The van der Waals surface area contributed by atoms with E-state index in [0.29, 0.717) is 22.6 Å². The second-order valence-corrected chi connectivity index (χ2v) is 8.66. The zero-order valence-corrected chi connectivity index (χ0v) is 19.0. The zero-order valence-electron chi connectivity index (χ0n) is 18.2. The number of thioether (sulfide) groups is 1. The predicted octanol–water partition coefficient (Wildman–Crippen LogP) is 3.36. The van der Waals surface area contributed by atoms with E-state index in [1.807, 2.05) is 81.6 Å². The van der Waals surface area contributed by atoms with Crippen LogP contribution in [-0.2, 0) is 7.05 Å². The third kappa shape index (κ3) is 3.76. The van der Waals surface area contributed by atoms with E-state index in [1.165, 1.54) is 16.4 Å². The van der Waals surface area contributed by atoms with Gasteiger partial charge in [-0.1, -0.05) is 48.2 Å². The van der Waals surface area contributed by atoms with Crippen LogP contribution in [0.3, 0.4) is 0 Å². The number of nitrogens with zero attached hydrogens (tertiary/aromatic N) is 8. The van der Waals surface area contributed by atoms with E-state index in [0.717, 1.165) is 16.9 Å². The Kier molecular flexibility index (Phi) is 5.38. The fourth-order valence-electron chi connectivity index (χ4n) is 3.50. The molecule has 1 unspecified atom stereocenters. The molecule has 0 amide bonds. The lowest BCUT2D eigenvalue weighted by Crippen LogP contribution is -2.22. The molecule has 11 heteroatoms. The largest absolute Gasteiger partial charge is 0.419 e. The van der Waals surface area contributed by atoms with Crippen LogP contribution in [0, 0.1) is 6.92 Å². The molecule has 1 atom stereocenters. The molecule has 0 fully saturated rings. The maximum absolute atomic E-state index is 13.4. The lowest BCUT2D eigenvalue weighted by Gasteiger charge is -2.07. The Labute approximate surface area is 192 Å². The minimum atomic E-state index is -0.236. The van der Waals surface area contributed by atoms with Gasteiger partial charge in [-0.05, 0) is 48.5 Å². The van der Waals surface area contributed by atoms with Crippen molar-refractivity contribution in [3.8, 4) is 22.8 Å². The van der Waals surface area contributed by atoms with Crippen LogP contribution in [0.5, 0.6) is 0 Å². The highest BCUT2D eigenvalue weighted by molar-refractivity contribution is 7.99. The Morgan fingerprint density at radius 2 is 1.67 bits per heavy atom. The van der Waals surface area contributed by atoms with Crippen molar-refractivity contribution in [2.24, 2.45) is 7.05 Å². The fraction of sp³-hybridized carbons (Fsp3) is 0.182. The molecule has 2 aromatic carbocycles. The van der Waals surface area contributed by atoms with Gasteiger partial charge in [0.2, 0.25) is 16.9 Å². The molecule has 0 saturated carbocycles. The van der Waals surface area contributed by atoms with E-state index >= 15 is 0 Å². The van der Waals surface area contributed by atoms with E-state index in [1.54, 1.807) is 9.36 Å². The molecule has 10 nitrogen and oxygen atoms in total. The summed E-state index contributed by atoms with van der Waals surface area (Å²) in [6, 6.07) is 19.0. The summed E-state index contributed by atoms with van der Waals surface area (Å²) in [5.41, 5.74) is 2.51. The number of para-hydroxylation sites is 1. The molecule has 0 spiro atoms. The minimum Gasteiger partial charge on any atom is -0.419 e. The minimum absolute atomic E-state index is 0.216. The summed E-state index contributed by atoms with van der Waals surface area (Å²) in [4.78, 5) is 13.4. The average Bonchev–Trinajstić information content (AvgIpc) is 3.55. The Hall–Kier alpha value is -3.99. The topological polar surface area (TPSA) is 109 Å². The zero-order chi connectivity index (χ0) is 22.9. The smallest absolute Gasteiger partial charge is 0.297 e. The van der Waals surface area contributed by atoms with Gasteiger partial charge < -0.3 is 4.42 Å². The van der Waals surface area contributed by atoms with Crippen molar-refractivity contribution in [3.63, 3.8) is 0 Å². The molecular weight excluding hydrogens is 440 g/mol. The maximum atomic E-state index is 13.4. The second kappa shape index (κ2) is 8.51. The molecule has 166 valence electrons. The molecule has 0 N–H and O–H groups in total. The summed E-state index contributed by atoms with van der Waals surface area (Å²) in [5, 5.41) is 20.6. The lowest BCUT2D eigenvalue weighted by molar-refractivity contribution is 0.508. The summed E-state index contributed by atoms with van der Waals surface area (Å²) in [6.07, 6.45) is 0. The summed E-state index contributed by atoms with van der Waals surface area (Å²) >= 11 is 1.33.